The highest BCUT2D eigenvalue weighted by Gasteiger charge is 2.31. The summed E-state index contributed by atoms with van der Waals surface area (Å²) in [7, 11) is -3.86. The minimum atomic E-state index is -3.86. The summed E-state index contributed by atoms with van der Waals surface area (Å²) in [6.45, 7) is 0.336. The van der Waals surface area contributed by atoms with Crippen LogP contribution in [0.15, 0.2) is 81.4 Å². The predicted molar refractivity (Wildman–Crippen MR) is 114 cm³/mol. The third-order valence-electron chi connectivity index (χ3n) is 4.64. The minimum absolute atomic E-state index is 0.0398. The highest BCUT2D eigenvalue weighted by molar-refractivity contribution is 7.99. The van der Waals surface area contributed by atoms with Gasteiger partial charge >= 0.3 is 5.97 Å². The molecule has 1 aliphatic heterocycles. The van der Waals surface area contributed by atoms with Gasteiger partial charge in [0.1, 0.15) is 0 Å². The molecule has 148 valence electrons. The maximum Gasteiger partial charge on any atom is 0.336 e. The van der Waals surface area contributed by atoms with Gasteiger partial charge in [0.15, 0.2) is 0 Å². The second kappa shape index (κ2) is 7.74. The van der Waals surface area contributed by atoms with Crippen LogP contribution >= 0.6 is 23.4 Å². The van der Waals surface area contributed by atoms with Gasteiger partial charge in [-0.05, 0) is 54.4 Å². The van der Waals surface area contributed by atoms with Crippen molar-refractivity contribution in [3.05, 3.63) is 82.9 Å². The second-order valence-electron chi connectivity index (χ2n) is 6.48. The van der Waals surface area contributed by atoms with Gasteiger partial charge in [0.2, 0.25) is 0 Å². The lowest BCUT2D eigenvalue weighted by molar-refractivity contribution is 0.0693. The lowest BCUT2D eigenvalue weighted by Crippen LogP contribution is -2.29. The molecule has 5 nitrogen and oxygen atoms in total. The van der Waals surface area contributed by atoms with Crippen LogP contribution in [0.5, 0.6) is 0 Å². The fourth-order valence-electron chi connectivity index (χ4n) is 3.27. The molecule has 3 aromatic rings. The first kappa shape index (κ1) is 19.8. The summed E-state index contributed by atoms with van der Waals surface area (Å²) in [5.41, 5.74) is 1.54. The van der Waals surface area contributed by atoms with Crippen LogP contribution in [0.2, 0.25) is 5.02 Å². The Kier molecular flexibility index (Phi) is 5.29. The number of hydrogen-bond acceptors (Lipinski definition) is 4. The first-order valence-corrected chi connectivity index (χ1v) is 11.4. The summed E-state index contributed by atoms with van der Waals surface area (Å²) < 4.78 is 27.7. The lowest BCUT2D eigenvalue weighted by Gasteiger charge is -2.20. The van der Waals surface area contributed by atoms with E-state index < -0.39 is 16.0 Å². The summed E-state index contributed by atoms with van der Waals surface area (Å²) in [5.74, 6) is -1.19. The SMILES string of the molecule is O=C(O)c1cc(S(=O)(=O)N2CCc3ccccc32)ccc1Sc1cccc(Cl)c1. The number of sulfonamides is 1. The number of carboxylic acid groups (broad SMARTS) is 1. The van der Waals surface area contributed by atoms with Gasteiger partial charge in [-0.3, -0.25) is 4.31 Å². The Morgan fingerprint density at radius 1 is 1.03 bits per heavy atom. The maximum absolute atomic E-state index is 13.2. The maximum atomic E-state index is 13.2. The van der Waals surface area contributed by atoms with Gasteiger partial charge in [0, 0.05) is 21.4 Å². The highest BCUT2D eigenvalue weighted by atomic mass is 35.5. The number of halogens is 1. The molecule has 0 amide bonds. The van der Waals surface area contributed by atoms with Crippen molar-refractivity contribution in [2.24, 2.45) is 0 Å². The van der Waals surface area contributed by atoms with Crippen LogP contribution in [0.1, 0.15) is 15.9 Å². The van der Waals surface area contributed by atoms with Gasteiger partial charge in [-0.1, -0.05) is 47.6 Å². The molecule has 29 heavy (non-hydrogen) atoms. The van der Waals surface area contributed by atoms with E-state index in [1.54, 1.807) is 30.3 Å². The summed E-state index contributed by atoms with van der Waals surface area (Å²) in [6, 6.07) is 18.6. The van der Waals surface area contributed by atoms with Crippen molar-refractivity contribution >= 4 is 45.0 Å². The Bertz CT molecular complexity index is 1210. The van der Waals surface area contributed by atoms with Crippen LogP contribution in [-0.4, -0.2) is 26.0 Å². The molecular formula is C21H16ClNO4S2. The summed E-state index contributed by atoms with van der Waals surface area (Å²) in [4.78, 5) is 13.0. The monoisotopic (exact) mass is 445 g/mol. The number of carboxylic acids is 1. The third kappa shape index (κ3) is 3.85. The number of fused-ring (bicyclic) bond motifs is 1. The predicted octanol–water partition coefficient (Wildman–Crippen LogP) is 4.94. The fourth-order valence-corrected chi connectivity index (χ4v) is 6.03. The first-order chi connectivity index (χ1) is 13.9. The molecule has 0 radical (unpaired) electrons. The Morgan fingerprint density at radius 3 is 2.59 bits per heavy atom. The number of hydrogen-bond donors (Lipinski definition) is 1. The van der Waals surface area contributed by atoms with E-state index in [1.165, 1.54) is 34.3 Å². The van der Waals surface area contributed by atoms with Crippen molar-refractivity contribution in [2.45, 2.75) is 21.1 Å². The van der Waals surface area contributed by atoms with Crippen molar-refractivity contribution in [1.29, 1.82) is 0 Å². The molecule has 0 aromatic heterocycles. The standard InChI is InChI=1S/C21H16ClNO4S2/c22-15-5-3-6-16(12-15)28-20-9-8-17(13-18(20)21(24)25)29(26,27)23-11-10-14-4-1-2-7-19(14)23/h1-9,12-13H,10-11H2,(H,24,25). The summed E-state index contributed by atoms with van der Waals surface area (Å²) >= 11 is 7.22. The molecule has 0 unspecified atom stereocenters. The quantitative estimate of drug-likeness (QED) is 0.602. The molecule has 1 N–H and O–H groups in total. The van der Waals surface area contributed by atoms with Gasteiger partial charge in [0.25, 0.3) is 10.0 Å². The molecule has 0 spiro atoms. The van der Waals surface area contributed by atoms with E-state index in [4.69, 9.17) is 11.6 Å². The zero-order valence-corrected chi connectivity index (χ0v) is 17.5. The van der Waals surface area contributed by atoms with Crippen molar-refractivity contribution in [1.82, 2.24) is 0 Å². The summed E-state index contributed by atoms with van der Waals surface area (Å²) in [5, 5.41) is 10.2. The van der Waals surface area contributed by atoms with Gasteiger partial charge in [0.05, 0.1) is 16.1 Å². The number of para-hydroxylation sites is 1. The molecule has 0 saturated carbocycles. The van der Waals surface area contributed by atoms with Crippen molar-refractivity contribution in [3.8, 4) is 0 Å². The Morgan fingerprint density at radius 2 is 1.83 bits per heavy atom. The smallest absolute Gasteiger partial charge is 0.336 e. The van der Waals surface area contributed by atoms with Crippen molar-refractivity contribution < 1.29 is 18.3 Å². The Balaban J connectivity index is 1.72. The topological polar surface area (TPSA) is 74.7 Å². The number of rotatable bonds is 5. The van der Waals surface area contributed by atoms with Crippen molar-refractivity contribution in [2.75, 3.05) is 10.8 Å². The normalized spacial score (nSPS) is 13.3. The van der Waals surface area contributed by atoms with E-state index in [-0.39, 0.29) is 10.5 Å². The minimum Gasteiger partial charge on any atom is -0.478 e. The van der Waals surface area contributed by atoms with E-state index >= 15 is 0 Å². The van der Waals surface area contributed by atoms with Gasteiger partial charge in [-0.25, -0.2) is 13.2 Å². The van der Waals surface area contributed by atoms with Crippen LogP contribution in [-0.2, 0) is 16.4 Å². The van der Waals surface area contributed by atoms with Crippen molar-refractivity contribution in [3.63, 3.8) is 0 Å². The van der Waals surface area contributed by atoms with Gasteiger partial charge in [-0.2, -0.15) is 0 Å². The zero-order valence-electron chi connectivity index (χ0n) is 15.1. The van der Waals surface area contributed by atoms with Crippen LogP contribution in [0, 0.1) is 0 Å². The summed E-state index contributed by atoms with van der Waals surface area (Å²) in [6.07, 6.45) is 0.629. The number of nitrogens with zero attached hydrogens (tertiary/aromatic N) is 1. The molecule has 4 rings (SSSR count). The number of anilines is 1. The fraction of sp³-hybridized carbons (Fsp3) is 0.0952. The zero-order chi connectivity index (χ0) is 20.6. The molecule has 0 atom stereocenters. The molecule has 3 aromatic carbocycles. The third-order valence-corrected chi connectivity index (χ3v) is 7.75. The van der Waals surface area contributed by atoms with E-state index in [1.807, 2.05) is 18.2 Å². The molecule has 0 aliphatic carbocycles. The second-order valence-corrected chi connectivity index (χ2v) is 9.89. The molecule has 0 fully saturated rings. The molecule has 0 saturated heterocycles. The molecule has 8 heteroatoms. The largest absolute Gasteiger partial charge is 0.478 e. The number of carbonyl (C=O) groups is 1. The number of benzene rings is 3. The highest BCUT2D eigenvalue weighted by Crippen LogP contribution is 2.36. The van der Waals surface area contributed by atoms with Crippen LogP contribution in [0.3, 0.4) is 0 Å². The van der Waals surface area contributed by atoms with E-state index in [0.717, 1.165) is 10.5 Å². The van der Waals surface area contributed by atoms with Crippen LogP contribution in [0.25, 0.3) is 0 Å². The van der Waals surface area contributed by atoms with Gasteiger partial charge in [-0.15, -0.1) is 0 Å². The molecule has 1 aliphatic rings. The first-order valence-electron chi connectivity index (χ1n) is 8.78. The number of aromatic carboxylic acids is 1. The Hall–Kier alpha value is -2.48. The van der Waals surface area contributed by atoms with Crippen LogP contribution in [0.4, 0.5) is 5.69 Å². The van der Waals surface area contributed by atoms with Crippen LogP contribution < -0.4 is 4.31 Å². The van der Waals surface area contributed by atoms with E-state index in [0.29, 0.717) is 28.6 Å². The van der Waals surface area contributed by atoms with Gasteiger partial charge < -0.3 is 5.11 Å². The Labute approximate surface area is 178 Å². The van der Waals surface area contributed by atoms with E-state index in [9.17, 15) is 18.3 Å². The molecule has 1 heterocycles. The average molecular weight is 446 g/mol. The van der Waals surface area contributed by atoms with E-state index in [2.05, 4.69) is 0 Å². The molecular weight excluding hydrogens is 430 g/mol. The lowest BCUT2D eigenvalue weighted by atomic mass is 10.2. The average Bonchev–Trinajstić information content (AvgIpc) is 3.13. The molecule has 0 bridgehead atoms.